The maximum atomic E-state index is 12.8. The van der Waals surface area contributed by atoms with Crippen LogP contribution in [-0.4, -0.2) is 5.91 Å². The monoisotopic (exact) mass is 437 g/mol. The minimum absolute atomic E-state index is 0.0147. The average Bonchev–Trinajstić information content (AvgIpc) is 3.11. The normalized spacial score (nSPS) is 26.3. The second-order valence-corrected chi connectivity index (χ2v) is 10.3. The van der Waals surface area contributed by atoms with Crippen LogP contribution in [0.3, 0.4) is 0 Å². The van der Waals surface area contributed by atoms with Crippen LogP contribution in [0.25, 0.3) is 0 Å². The second kappa shape index (κ2) is 8.60. The third-order valence-electron chi connectivity index (χ3n) is 8.00. The van der Waals surface area contributed by atoms with Crippen molar-refractivity contribution < 1.29 is 9.53 Å². The highest BCUT2D eigenvalue weighted by molar-refractivity contribution is 6.30. The Morgan fingerprint density at radius 2 is 1.87 bits per heavy atom. The van der Waals surface area contributed by atoms with E-state index < -0.39 is 0 Å². The highest BCUT2D eigenvalue weighted by Gasteiger charge is 2.45. The van der Waals surface area contributed by atoms with Crippen molar-refractivity contribution in [1.82, 2.24) is 0 Å². The van der Waals surface area contributed by atoms with Crippen molar-refractivity contribution in [3.05, 3.63) is 64.2 Å². The highest BCUT2D eigenvalue weighted by Crippen LogP contribution is 2.51. The van der Waals surface area contributed by atoms with E-state index >= 15 is 0 Å². The number of nitrogens with one attached hydrogen (secondary N) is 1. The lowest BCUT2D eigenvalue weighted by Gasteiger charge is -2.40. The predicted octanol–water partition coefficient (Wildman–Crippen LogP) is 6.87. The van der Waals surface area contributed by atoms with Crippen molar-refractivity contribution in [2.75, 3.05) is 5.32 Å². The summed E-state index contributed by atoms with van der Waals surface area (Å²) in [5.41, 5.74) is 5.09. The van der Waals surface area contributed by atoms with E-state index in [1.807, 2.05) is 24.3 Å². The van der Waals surface area contributed by atoms with Gasteiger partial charge in [0.05, 0.1) is 12.2 Å². The third kappa shape index (κ3) is 4.15. The Morgan fingerprint density at radius 1 is 1.13 bits per heavy atom. The Hall–Kier alpha value is -1.84. The fourth-order valence-electron chi connectivity index (χ4n) is 5.83. The van der Waals surface area contributed by atoms with E-state index in [1.165, 1.54) is 42.4 Å². The quantitative estimate of drug-likeness (QED) is 0.554. The molecule has 31 heavy (non-hydrogen) atoms. The van der Waals surface area contributed by atoms with Crippen molar-refractivity contribution in [2.45, 2.75) is 70.5 Å². The van der Waals surface area contributed by atoms with E-state index in [0.717, 1.165) is 43.9 Å². The van der Waals surface area contributed by atoms with Crippen molar-refractivity contribution in [3.8, 4) is 0 Å². The van der Waals surface area contributed by atoms with Gasteiger partial charge in [0.1, 0.15) is 0 Å². The number of carbonyl (C=O) groups is 1. The van der Waals surface area contributed by atoms with E-state index in [2.05, 4.69) is 30.4 Å². The molecule has 0 bridgehead atoms. The summed E-state index contributed by atoms with van der Waals surface area (Å²) >= 11 is 5.95. The van der Waals surface area contributed by atoms with Crippen LogP contribution in [0.15, 0.2) is 42.5 Å². The first-order chi connectivity index (χ1) is 15.0. The van der Waals surface area contributed by atoms with Gasteiger partial charge in [-0.3, -0.25) is 4.79 Å². The van der Waals surface area contributed by atoms with Crippen molar-refractivity contribution in [1.29, 1.82) is 0 Å². The molecule has 2 aromatic carbocycles. The molecule has 164 valence electrons. The van der Waals surface area contributed by atoms with Crippen molar-refractivity contribution >= 4 is 23.2 Å². The summed E-state index contributed by atoms with van der Waals surface area (Å²) < 4.78 is 6.51. The van der Waals surface area contributed by atoms with Gasteiger partial charge >= 0.3 is 0 Å². The summed E-state index contributed by atoms with van der Waals surface area (Å²) in [6.45, 7) is 2.81. The highest BCUT2D eigenvalue weighted by atomic mass is 35.5. The standard InChI is InChI=1S/C27H32ClNO2/c1-18(26(30)29-24-10-8-23(28)9-11-24)20-12-14-27(15-13-20)25-21(16-19-4-2-5-19)6-3-7-22(25)17-31-27/h3,6-11,18-20H,2,4-5,12-17H2,1H3,(H,29,30). The summed E-state index contributed by atoms with van der Waals surface area (Å²) in [7, 11) is 0. The van der Waals surface area contributed by atoms with Gasteiger partial charge in [-0.15, -0.1) is 0 Å². The molecule has 1 aliphatic heterocycles. The van der Waals surface area contributed by atoms with Crippen LogP contribution in [0.5, 0.6) is 0 Å². The van der Waals surface area contributed by atoms with Gasteiger partial charge in [0.2, 0.25) is 5.91 Å². The fourth-order valence-corrected chi connectivity index (χ4v) is 5.96. The maximum Gasteiger partial charge on any atom is 0.227 e. The van der Waals surface area contributed by atoms with E-state index in [0.29, 0.717) is 10.9 Å². The van der Waals surface area contributed by atoms with Gasteiger partial charge < -0.3 is 10.1 Å². The fraction of sp³-hybridized carbons (Fsp3) is 0.519. The molecule has 5 rings (SSSR count). The summed E-state index contributed by atoms with van der Waals surface area (Å²) in [4.78, 5) is 12.8. The maximum absolute atomic E-state index is 12.8. The number of hydrogen-bond acceptors (Lipinski definition) is 2. The second-order valence-electron chi connectivity index (χ2n) is 9.86. The van der Waals surface area contributed by atoms with Crippen LogP contribution in [0.1, 0.15) is 68.6 Å². The molecule has 1 atom stereocenters. The van der Waals surface area contributed by atoms with E-state index in [9.17, 15) is 4.79 Å². The lowest BCUT2D eigenvalue weighted by Crippen LogP contribution is -2.37. The summed E-state index contributed by atoms with van der Waals surface area (Å²) in [6, 6.07) is 14.1. The molecule has 2 saturated carbocycles. The van der Waals surface area contributed by atoms with Gasteiger partial charge in [0, 0.05) is 16.6 Å². The topological polar surface area (TPSA) is 38.3 Å². The van der Waals surface area contributed by atoms with E-state index in [1.54, 1.807) is 0 Å². The van der Waals surface area contributed by atoms with Crippen LogP contribution in [0.2, 0.25) is 5.02 Å². The number of anilines is 1. The number of hydrogen-bond donors (Lipinski definition) is 1. The number of ether oxygens (including phenoxy) is 1. The Morgan fingerprint density at radius 3 is 2.55 bits per heavy atom. The zero-order valence-electron chi connectivity index (χ0n) is 18.3. The van der Waals surface area contributed by atoms with Gasteiger partial charge in [-0.1, -0.05) is 56.0 Å². The Bertz CT molecular complexity index is 942. The molecular formula is C27H32ClNO2. The number of amides is 1. The number of rotatable bonds is 5. The molecule has 2 aromatic rings. The van der Waals surface area contributed by atoms with Crippen LogP contribution in [0.4, 0.5) is 5.69 Å². The third-order valence-corrected chi connectivity index (χ3v) is 8.25. The molecule has 1 heterocycles. The molecule has 2 fully saturated rings. The number of halogens is 1. The van der Waals surface area contributed by atoms with Crippen molar-refractivity contribution in [2.24, 2.45) is 17.8 Å². The molecule has 4 heteroatoms. The van der Waals surface area contributed by atoms with E-state index in [4.69, 9.17) is 16.3 Å². The largest absolute Gasteiger partial charge is 0.366 e. The minimum atomic E-state index is -0.126. The van der Waals surface area contributed by atoms with Gasteiger partial charge in [-0.25, -0.2) is 0 Å². The molecule has 0 saturated heterocycles. The minimum Gasteiger partial charge on any atom is -0.366 e. The van der Waals surface area contributed by atoms with Gasteiger partial charge in [0.25, 0.3) is 0 Å². The van der Waals surface area contributed by atoms with E-state index in [-0.39, 0.29) is 17.4 Å². The van der Waals surface area contributed by atoms with Crippen LogP contribution in [0, 0.1) is 17.8 Å². The summed E-state index contributed by atoms with van der Waals surface area (Å²) in [6.07, 6.45) is 9.45. The lowest BCUT2D eigenvalue weighted by atomic mass is 9.69. The summed E-state index contributed by atoms with van der Waals surface area (Å²) in [5, 5.41) is 3.74. The predicted molar refractivity (Wildman–Crippen MR) is 125 cm³/mol. The number of benzene rings is 2. The number of fused-ring (bicyclic) bond motifs is 2. The smallest absolute Gasteiger partial charge is 0.227 e. The zero-order chi connectivity index (χ0) is 21.4. The molecular weight excluding hydrogens is 406 g/mol. The molecule has 3 nitrogen and oxygen atoms in total. The van der Waals surface area contributed by atoms with Gasteiger partial charge in [0.15, 0.2) is 0 Å². The molecule has 1 unspecified atom stereocenters. The lowest BCUT2D eigenvalue weighted by molar-refractivity contribution is -0.123. The van der Waals surface area contributed by atoms with Crippen LogP contribution < -0.4 is 5.32 Å². The first-order valence-electron chi connectivity index (χ1n) is 11.9. The molecule has 0 radical (unpaired) electrons. The first kappa shape index (κ1) is 21.0. The Kier molecular flexibility index (Phi) is 5.83. The Balaban J connectivity index is 1.25. The van der Waals surface area contributed by atoms with Crippen LogP contribution in [-0.2, 0) is 28.2 Å². The van der Waals surface area contributed by atoms with Gasteiger partial charge in [-0.2, -0.15) is 0 Å². The van der Waals surface area contributed by atoms with Crippen LogP contribution >= 0.6 is 11.6 Å². The first-order valence-corrected chi connectivity index (χ1v) is 12.2. The van der Waals surface area contributed by atoms with Gasteiger partial charge in [-0.05, 0) is 84.9 Å². The van der Waals surface area contributed by atoms with Crippen molar-refractivity contribution in [3.63, 3.8) is 0 Å². The zero-order valence-corrected chi connectivity index (χ0v) is 19.1. The number of carbonyl (C=O) groups excluding carboxylic acids is 1. The molecule has 3 aliphatic rings. The molecule has 1 spiro atoms. The molecule has 1 amide bonds. The molecule has 2 aliphatic carbocycles. The Labute approximate surface area is 190 Å². The molecule has 1 N–H and O–H groups in total. The SMILES string of the molecule is CC(C(=O)Nc1ccc(Cl)cc1)C1CCC2(CC1)OCc1cccc(CC3CCC3)c12. The average molecular weight is 438 g/mol. The molecule has 0 aromatic heterocycles. The summed E-state index contributed by atoms with van der Waals surface area (Å²) in [5.74, 6) is 1.34.